The fourth-order valence-electron chi connectivity index (χ4n) is 4.63. The minimum atomic E-state index is -0.512. The van der Waals surface area contributed by atoms with E-state index in [2.05, 4.69) is 10.1 Å². The number of hydrogen-bond donors (Lipinski definition) is 0. The van der Waals surface area contributed by atoms with E-state index in [-0.39, 0.29) is 28.2 Å². The van der Waals surface area contributed by atoms with Crippen LogP contribution < -0.4 is 5.56 Å². The van der Waals surface area contributed by atoms with Crippen LogP contribution in [0.2, 0.25) is 5.02 Å². The van der Waals surface area contributed by atoms with Crippen LogP contribution in [0.4, 0.5) is 4.39 Å². The Kier molecular flexibility index (Phi) is 5.73. The second-order valence-electron chi connectivity index (χ2n) is 8.88. The Bertz CT molecular complexity index is 1480. The maximum atomic E-state index is 15.0. The molecule has 1 saturated heterocycles. The average molecular weight is 482 g/mol. The first-order chi connectivity index (χ1) is 16.2. The maximum Gasteiger partial charge on any atom is 0.261 e. The number of aryl methyl sites for hydroxylation is 3. The highest BCUT2D eigenvalue weighted by molar-refractivity contribution is 6.30. The van der Waals surface area contributed by atoms with Gasteiger partial charge < -0.3 is 4.74 Å². The number of fused-ring (bicyclic) bond motifs is 1. The molecule has 1 aliphatic heterocycles. The van der Waals surface area contributed by atoms with E-state index in [9.17, 15) is 9.18 Å². The molecule has 1 aromatic carbocycles. The number of hydrogen-bond acceptors (Lipinski definition) is 5. The molecule has 5 rings (SSSR count). The van der Waals surface area contributed by atoms with E-state index in [4.69, 9.17) is 21.3 Å². The molecule has 0 bridgehead atoms. The third-order valence-electron chi connectivity index (χ3n) is 6.58. The van der Waals surface area contributed by atoms with Gasteiger partial charge in [-0.25, -0.2) is 14.4 Å². The Morgan fingerprint density at radius 3 is 2.65 bits per heavy atom. The van der Waals surface area contributed by atoms with Crippen molar-refractivity contribution < 1.29 is 9.13 Å². The number of benzene rings is 1. The van der Waals surface area contributed by atoms with E-state index >= 15 is 0 Å². The Balaban J connectivity index is 1.67. The molecule has 176 valence electrons. The van der Waals surface area contributed by atoms with Crippen molar-refractivity contribution in [1.82, 2.24) is 24.1 Å². The molecule has 0 unspecified atom stereocenters. The summed E-state index contributed by atoms with van der Waals surface area (Å²) in [5, 5.41) is 4.73. The van der Waals surface area contributed by atoms with E-state index in [1.807, 2.05) is 20.2 Å². The lowest BCUT2D eigenvalue weighted by molar-refractivity contribution is 0.00421. The maximum absolute atomic E-state index is 15.0. The molecule has 7 nitrogen and oxygen atoms in total. The van der Waals surface area contributed by atoms with Crippen molar-refractivity contribution in [1.29, 1.82) is 0 Å². The summed E-state index contributed by atoms with van der Waals surface area (Å²) in [6.07, 6.45) is 5.02. The molecule has 1 aliphatic rings. The molecule has 9 heteroatoms. The van der Waals surface area contributed by atoms with Crippen molar-refractivity contribution in [3.63, 3.8) is 0 Å². The SMILES string of the molecule is Cc1nn(C)cc1[C@H]1C[C@@H](c2cn3c(=O)c(C)c(C)nc3c(-c3ccc(Cl)cc3F)n2)CCO1. The summed E-state index contributed by atoms with van der Waals surface area (Å²) in [6, 6.07) is 4.44. The van der Waals surface area contributed by atoms with Crippen molar-refractivity contribution in [3.05, 3.63) is 80.0 Å². The lowest BCUT2D eigenvalue weighted by atomic mass is 9.89. The summed E-state index contributed by atoms with van der Waals surface area (Å²) >= 11 is 5.98. The Labute approximate surface area is 201 Å². The molecule has 34 heavy (non-hydrogen) atoms. The smallest absolute Gasteiger partial charge is 0.261 e. The van der Waals surface area contributed by atoms with E-state index in [0.717, 1.165) is 17.7 Å². The van der Waals surface area contributed by atoms with Gasteiger partial charge in [0.2, 0.25) is 0 Å². The number of nitrogens with zero attached hydrogens (tertiary/aromatic N) is 5. The third kappa shape index (κ3) is 3.91. The first kappa shape index (κ1) is 22.7. The molecular formula is C25H25ClFN5O2. The molecule has 4 aromatic rings. The topological polar surface area (TPSA) is 74.3 Å². The zero-order valence-electron chi connectivity index (χ0n) is 19.5. The molecule has 0 saturated carbocycles. The third-order valence-corrected chi connectivity index (χ3v) is 6.82. The quantitative estimate of drug-likeness (QED) is 0.418. The molecule has 0 aliphatic carbocycles. The number of aromatic nitrogens is 5. The van der Waals surface area contributed by atoms with Crippen molar-refractivity contribution in [2.45, 2.75) is 45.6 Å². The van der Waals surface area contributed by atoms with Gasteiger partial charge in [0.15, 0.2) is 5.65 Å². The van der Waals surface area contributed by atoms with Gasteiger partial charge in [0.25, 0.3) is 5.56 Å². The zero-order chi connectivity index (χ0) is 24.1. The first-order valence-electron chi connectivity index (χ1n) is 11.2. The monoisotopic (exact) mass is 481 g/mol. The Morgan fingerprint density at radius 1 is 1.15 bits per heavy atom. The summed E-state index contributed by atoms with van der Waals surface area (Å²) in [5.41, 5.74) is 4.54. The van der Waals surface area contributed by atoms with Crippen LogP contribution in [-0.4, -0.2) is 30.8 Å². The Morgan fingerprint density at radius 2 is 1.94 bits per heavy atom. The van der Waals surface area contributed by atoms with Gasteiger partial charge in [-0.3, -0.25) is 13.9 Å². The second kappa shape index (κ2) is 8.60. The highest BCUT2D eigenvalue weighted by Crippen LogP contribution is 2.38. The minimum absolute atomic E-state index is 0.0189. The van der Waals surface area contributed by atoms with Gasteiger partial charge in [0, 0.05) is 59.4 Å². The largest absolute Gasteiger partial charge is 0.373 e. The van der Waals surface area contributed by atoms with Crippen LogP contribution in [-0.2, 0) is 11.8 Å². The van der Waals surface area contributed by atoms with Gasteiger partial charge in [-0.05, 0) is 51.8 Å². The molecule has 0 amide bonds. The predicted octanol–water partition coefficient (Wildman–Crippen LogP) is 4.84. The standard InChI is InChI=1S/C25H25ClFN5O2/c1-13-14(2)28-24-23(18-6-5-17(26)10-20(18)27)29-21(12-32(24)25(13)33)16-7-8-34-22(9-16)19-11-31(4)30-15(19)3/h5-6,10-12,16,22H,7-9H2,1-4H3/t16-,22+/m0/s1. The summed E-state index contributed by atoms with van der Waals surface area (Å²) in [6.45, 7) is 6.03. The van der Waals surface area contributed by atoms with Gasteiger partial charge in [0.1, 0.15) is 11.5 Å². The van der Waals surface area contributed by atoms with Crippen LogP contribution in [0.3, 0.4) is 0 Å². The second-order valence-corrected chi connectivity index (χ2v) is 9.32. The molecule has 1 fully saturated rings. The highest BCUT2D eigenvalue weighted by Gasteiger charge is 2.29. The van der Waals surface area contributed by atoms with Gasteiger partial charge in [-0.1, -0.05) is 11.6 Å². The van der Waals surface area contributed by atoms with Crippen LogP contribution in [0.1, 0.15) is 53.1 Å². The van der Waals surface area contributed by atoms with Crippen LogP contribution in [0.15, 0.2) is 35.4 Å². The molecule has 4 heterocycles. The summed E-state index contributed by atoms with van der Waals surface area (Å²) in [4.78, 5) is 22.7. The van der Waals surface area contributed by atoms with Crippen molar-refractivity contribution in [3.8, 4) is 11.3 Å². The normalized spacial score (nSPS) is 18.5. The van der Waals surface area contributed by atoms with Gasteiger partial charge in [0.05, 0.1) is 17.5 Å². The molecule has 2 atom stereocenters. The van der Waals surface area contributed by atoms with Crippen LogP contribution >= 0.6 is 11.6 Å². The average Bonchev–Trinajstić information content (AvgIpc) is 3.15. The fraction of sp³-hybridized carbons (Fsp3) is 0.360. The van der Waals surface area contributed by atoms with Crippen LogP contribution in [0.25, 0.3) is 16.9 Å². The zero-order valence-corrected chi connectivity index (χ0v) is 20.2. The molecule has 3 aromatic heterocycles. The summed E-state index contributed by atoms with van der Waals surface area (Å²) in [5.74, 6) is -0.493. The van der Waals surface area contributed by atoms with Crippen molar-refractivity contribution in [2.24, 2.45) is 7.05 Å². The van der Waals surface area contributed by atoms with Crippen molar-refractivity contribution in [2.75, 3.05) is 6.61 Å². The van der Waals surface area contributed by atoms with Crippen molar-refractivity contribution >= 4 is 17.2 Å². The molecular weight excluding hydrogens is 457 g/mol. The van der Waals surface area contributed by atoms with Crippen LogP contribution in [0.5, 0.6) is 0 Å². The van der Waals surface area contributed by atoms with Gasteiger partial charge in [-0.15, -0.1) is 0 Å². The Hall–Kier alpha value is -3.10. The first-order valence-corrected chi connectivity index (χ1v) is 11.6. The predicted molar refractivity (Wildman–Crippen MR) is 128 cm³/mol. The van der Waals surface area contributed by atoms with E-state index < -0.39 is 5.82 Å². The molecule has 0 radical (unpaired) electrons. The van der Waals surface area contributed by atoms with E-state index in [0.29, 0.717) is 41.3 Å². The molecule has 0 spiro atoms. The summed E-state index contributed by atoms with van der Waals surface area (Å²) in [7, 11) is 1.89. The summed E-state index contributed by atoms with van der Waals surface area (Å²) < 4.78 is 24.3. The lowest BCUT2D eigenvalue weighted by Gasteiger charge is -2.29. The number of rotatable bonds is 3. The number of ether oxygens (including phenoxy) is 1. The van der Waals surface area contributed by atoms with E-state index in [1.54, 1.807) is 36.9 Å². The fourth-order valence-corrected chi connectivity index (χ4v) is 4.79. The van der Waals surface area contributed by atoms with E-state index in [1.165, 1.54) is 10.5 Å². The molecule has 0 N–H and O–H groups in total. The highest BCUT2D eigenvalue weighted by atomic mass is 35.5. The lowest BCUT2D eigenvalue weighted by Crippen LogP contribution is -2.24. The van der Waals surface area contributed by atoms with Gasteiger partial charge in [-0.2, -0.15) is 5.10 Å². The number of halogens is 2. The minimum Gasteiger partial charge on any atom is -0.373 e. The van der Waals surface area contributed by atoms with Gasteiger partial charge >= 0.3 is 0 Å². The van der Waals surface area contributed by atoms with Crippen LogP contribution in [0, 0.1) is 26.6 Å².